The third-order valence-electron chi connectivity index (χ3n) is 5.66. The molecule has 0 bridgehead atoms. The highest BCUT2D eigenvalue weighted by molar-refractivity contribution is 6.00. The van der Waals surface area contributed by atoms with Crippen molar-refractivity contribution in [2.45, 2.75) is 12.5 Å². The number of hydrogen-bond donors (Lipinski definition) is 0. The molecule has 3 aliphatic rings. The first-order valence-electron chi connectivity index (χ1n) is 8.78. The molecular weight excluding hydrogens is 304 g/mol. The van der Waals surface area contributed by atoms with Gasteiger partial charge in [-0.3, -0.25) is 0 Å². The van der Waals surface area contributed by atoms with Crippen molar-refractivity contribution in [3.8, 4) is 0 Å². The van der Waals surface area contributed by atoms with Gasteiger partial charge in [-0.15, -0.1) is 0 Å². The molecule has 118 valence electrons. The summed E-state index contributed by atoms with van der Waals surface area (Å²) in [5.41, 5.74) is 9.58. The minimum atomic E-state index is -0.000776. The van der Waals surface area contributed by atoms with Gasteiger partial charge in [0.05, 0.1) is 6.26 Å². The Kier molecular flexibility index (Phi) is 2.51. The Labute approximate surface area is 146 Å². The SMILES string of the molecule is C1=COC2C(=C1)C1=C(c3ccccc3C1)c1ccc3ccccc3c12. The van der Waals surface area contributed by atoms with Crippen molar-refractivity contribution in [3.05, 3.63) is 112 Å². The lowest BCUT2D eigenvalue weighted by Crippen LogP contribution is -2.17. The van der Waals surface area contributed by atoms with Crippen LogP contribution in [0.5, 0.6) is 0 Å². The number of benzene rings is 3. The number of ether oxygens (including phenoxy) is 1. The third-order valence-corrected chi connectivity index (χ3v) is 5.66. The predicted molar refractivity (Wildman–Crippen MR) is 101 cm³/mol. The molecule has 0 amide bonds. The average Bonchev–Trinajstić information content (AvgIpc) is 3.07. The molecule has 6 rings (SSSR count). The molecule has 1 heteroatoms. The summed E-state index contributed by atoms with van der Waals surface area (Å²) in [4.78, 5) is 0. The van der Waals surface area contributed by atoms with Crippen LogP contribution in [-0.4, -0.2) is 0 Å². The predicted octanol–water partition coefficient (Wildman–Crippen LogP) is 5.72. The van der Waals surface area contributed by atoms with Crippen LogP contribution in [0.1, 0.15) is 28.4 Å². The van der Waals surface area contributed by atoms with Crippen LogP contribution in [0.2, 0.25) is 0 Å². The highest BCUT2D eigenvalue weighted by atomic mass is 16.5. The molecule has 1 heterocycles. The van der Waals surface area contributed by atoms with E-state index in [4.69, 9.17) is 4.74 Å². The Hall–Kier alpha value is -3.06. The summed E-state index contributed by atoms with van der Waals surface area (Å²) in [6, 6.07) is 22.0. The lowest BCUT2D eigenvalue weighted by atomic mass is 9.78. The zero-order valence-electron chi connectivity index (χ0n) is 13.7. The van der Waals surface area contributed by atoms with Crippen LogP contribution in [0, 0.1) is 0 Å². The normalized spacial score (nSPS) is 19.7. The lowest BCUT2D eigenvalue weighted by molar-refractivity contribution is 0.176. The van der Waals surface area contributed by atoms with E-state index < -0.39 is 0 Å². The van der Waals surface area contributed by atoms with Gasteiger partial charge >= 0.3 is 0 Å². The van der Waals surface area contributed by atoms with Gasteiger partial charge in [0.15, 0.2) is 0 Å². The second kappa shape index (κ2) is 4.73. The zero-order valence-corrected chi connectivity index (χ0v) is 13.7. The van der Waals surface area contributed by atoms with Crippen molar-refractivity contribution in [2.75, 3.05) is 0 Å². The molecule has 0 N–H and O–H groups in total. The van der Waals surface area contributed by atoms with Gasteiger partial charge in [-0.05, 0) is 51.1 Å². The number of hydrogen-bond acceptors (Lipinski definition) is 1. The summed E-state index contributed by atoms with van der Waals surface area (Å²) in [6.07, 6.45) is 7.08. The molecule has 1 aliphatic heterocycles. The number of allylic oxidation sites excluding steroid dienone is 2. The highest BCUT2D eigenvalue weighted by Crippen LogP contribution is 2.53. The minimum absolute atomic E-state index is 0.000776. The van der Waals surface area contributed by atoms with E-state index in [0.29, 0.717) is 0 Å². The van der Waals surface area contributed by atoms with Crippen molar-refractivity contribution in [1.29, 1.82) is 0 Å². The van der Waals surface area contributed by atoms with Crippen LogP contribution < -0.4 is 0 Å². The fourth-order valence-electron chi connectivity index (χ4n) is 4.62. The number of rotatable bonds is 0. The van der Waals surface area contributed by atoms with E-state index >= 15 is 0 Å². The summed E-state index contributed by atoms with van der Waals surface area (Å²) in [6.45, 7) is 0. The monoisotopic (exact) mass is 320 g/mol. The van der Waals surface area contributed by atoms with Crippen LogP contribution >= 0.6 is 0 Å². The van der Waals surface area contributed by atoms with Gasteiger partial charge in [0.25, 0.3) is 0 Å². The second-order valence-corrected chi connectivity index (χ2v) is 6.90. The van der Waals surface area contributed by atoms with Gasteiger partial charge in [0.1, 0.15) is 6.10 Å². The van der Waals surface area contributed by atoms with E-state index in [1.54, 1.807) is 0 Å². The van der Waals surface area contributed by atoms with Crippen molar-refractivity contribution in [1.82, 2.24) is 0 Å². The van der Waals surface area contributed by atoms with E-state index in [1.165, 1.54) is 49.7 Å². The molecule has 0 saturated heterocycles. The largest absolute Gasteiger partial charge is 0.489 e. The molecule has 0 radical (unpaired) electrons. The van der Waals surface area contributed by atoms with Gasteiger partial charge < -0.3 is 4.74 Å². The average molecular weight is 320 g/mol. The maximum Gasteiger partial charge on any atom is 0.149 e. The molecule has 0 aromatic heterocycles. The smallest absolute Gasteiger partial charge is 0.149 e. The zero-order chi connectivity index (χ0) is 16.4. The summed E-state index contributed by atoms with van der Waals surface area (Å²) >= 11 is 0. The van der Waals surface area contributed by atoms with Gasteiger partial charge in [-0.25, -0.2) is 0 Å². The Bertz CT molecular complexity index is 1140. The Morgan fingerprint density at radius 2 is 1.72 bits per heavy atom. The molecule has 0 fully saturated rings. The Morgan fingerprint density at radius 3 is 2.72 bits per heavy atom. The van der Waals surface area contributed by atoms with E-state index in [1.807, 2.05) is 12.3 Å². The molecule has 0 spiro atoms. The molecule has 25 heavy (non-hydrogen) atoms. The van der Waals surface area contributed by atoms with Crippen LogP contribution in [0.4, 0.5) is 0 Å². The van der Waals surface area contributed by atoms with Crippen molar-refractivity contribution < 1.29 is 4.74 Å². The minimum Gasteiger partial charge on any atom is -0.489 e. The van der Waals surface area contributed by atoms with Crippen molar-refractivity contribution in [3.63, 3.8) is 0 Å². The highest BCUT2D eigenvalue weighted by Gasteiger charge is 2.37. The maximum absolute atomic E-state index is 6.14. The van der Waals surface area contributed by atoms with Crippen molar-refractivity contribution >= 4 is 16.3 Å². The lowest BCUT2D eigenvalue weighted by Gasteiger charge is -2.32. The standard InChI is InChI=1S/C24H16O/c1-3-8-17-15(6-1)11-12-20-22-18-9-4-2-7-16(18)14-21(22)19-10-5-13-25-24(19)23(17)20/h1-13,24H,14H2. The molecular formula is C24H16O. The first-order valence-corrected chi connectivity index (χ1v) is 8.78. The van der Waals surface area contributed by atoms with Gasteiger partial charge in [0, 0.05) is 11.1 Å². The quantitative estimate of drug-likeness (QED) is 0.514. The fourth-order valence-corrected chi connectivity index (χ4v) is 4.62. The van der Waals surface area contributed by atoms with Gasteiger partial charge in [-0.2, -0.15) is 0 Å². The second-order valence-electron chi connectivity index (χ2n) is 6.90. The summed E-state index contributed by atoms with van der Waals surface area (Å²) < 4.78 is 6.14. The summed E-state index contributed by atoms with van der Waals surface area (Å²) in [7, 11) is 0. The van der Waals surface area contributed by atoms with E-state index in [-0.39, 0.29) is 6.10 Å². The summed E-state index contributed by atoms with van der Waals surface area (Å²) in [5, 5.41) is 2.57. The molecule has 0 saturated carbocycles. The molecule has 3 aromatic carbocycles. The van der Waals surface area contributed by atoms with Crippen LogP contribution in [0.3, 0.4) is 0 Å². The van der Waals surface area contributed by atoms with E-state index in [9.17, 15) is 0 Å². The molecule has 1 unspecified atom stereocenters. The van der Waals surface area contributed by atoms with E-state index in [0.717, 1.165) is 6.42 Å². The maximum atomic E-state index is 6.14. The molecule has 1 nitrogen and oxygen atoms in total. The fraction of sp³-hybridized carbons (Fsp3) is 0.0833. The first-order chi connectivity index (χ1) is 12.4. The Balaban J connectivity index is 1.76. The van der Waals surface area contributed by atoms with Crippen LogP contribution in [0.25, 0.3) is 16.3 Å². The Morgan fingerprint density at radius 1 is 0.840 bits per heavy atom. The van der Waals surface area contributed by atoms with Crippen LogP contribution in [-0.2, 0) is 11.2 Å². The van der Waals surface area contributed by atoms with E-state index in [2.05, 4.69) is 66.7 Å². The van der Waals surface area contributed by atoms with Crippen molar-refractivity contribution in [2.24, 2.45) is 0 Å². The van der Waals surface area contributed by atoms with Crippen LogP contribution in [0.15, 0.2) is 90.2 Å². The first kappa shape index (κ1) is 13.3. The molecule has 3 aromatic rings. The number of fused-ring (bicyclic) bond motifs is 9. The molecule has 1 atom stereocenters. The topological polar surface area (TPSA) is 9.23 Å². The van der Waals surface area contributed by atoms with Gasteiger partial charge in [0.2, 0.25) is 0 Å². The van der Waals surface area contributed by atoms with Gasteiger partial charge in [-0.1, -0.05) is 66.7 Å². The molecule has 2 aliphatic carbocycles. The third kappa shape index (κ3) is 1.68. The summed E-state index contributed by atoms with van der Waals surface area (Å²) in [5.74, 6) is 0.